The van der Waals surface area contributed by atoms with Gasteiger partial charge in [-0.15, -0.1) is 5.10 Å². The van der Waals surface area contributed by atoms with Gasteiger partial charge in [0.1, 0.15) is 17.4 Å². The predicted molar refractivity (Wildman–Crippen MR) is 73.4 cm³/mol. The van der Waals surface area contributed by atoms with Gasteiger partial charge in [0.15, 0.2) is 5.69 Å². The smallest absolute Gasteiger partial charge is 0.339 e. The van der Waals surface area contributed by atoms with E-state index in [1.54, 1.807) is 0 Å². The normalized spacial score (nSPS) is 11.1. The second-order valence-electron chi connectivity index (χ2n) is 5.57. The van der Waals surface area contributed by atoms with Crippen LogP contribution in [0.4, 0.5) is 0 Å². The van der Waals surface area contributed by atoms with E-state index in [0.717, 1.165) is 0 Å². The first kappa shape index (κ1) is 14.5. The van der Waals surface area contributed by atoms with Crippen LogP contribution in [0, 0.1) is 11.3 Å². The third-order valence-electron chi connectivity index (χ3n) is 2.94. The van der Waals surface area contributed by atoms with Gasteiger partial charge in [-0.2, -0.15) is 5.26 Å². The molecule has 7 heteroatoms. The number of carboxylic acid groups (broad SMARTS) is 1. The van der Waals surface area contributed by atoms with Crippen LogP contribution < -0.4 is 0 Å². The van der Waals surface area contributed by atoms with E-state index in [4.69, 9.17) is 10.4 Å². The van der Waals surface area contributed by atoms with Gasteiger partial charge in [0, 0.05) is 5.41 Å². The maximum atomic E-state index is 11.1. The standard InChI is InChI=1S/C14H14N4O3/c1-14(2,3)12-10(7-15)16-17-18(12)8-4-5-11(19)9(6-8)13(20)21/h4-6,19H,1-3H3,(H,20,21). The molecule has 0 aliphatic rings. The number of nitrogens with zero attached hydrogens (tertiary/aromatic N) is 4. The van der Waals surface area contributed by atoms with E-state index in [1.807, 2.05) is 26.8 Å². The van der Waals surface area contributed by atoms with Gasteiger partial charge in [-0.3, -0.25) is 0 Å². The molecule has 0 amide bonds. The SMILES string of the molecule is CC(C)(C)c1c(C#N)nnn1-c1ccc(O)c(C(=O)O)c1. The molecule has 7 nitrogen and oxygen atoms in total. The highest BCUT2D eigenvalue weighted by Gasteiger charge is 2.26. The zero-order chi connectivity index (χ0) is 15.8. The molecule has 0 aliphatic carbocycles. The summed E-state index contributed by atoms with van der Waals surface area (Å²) in [6, 6.07) is 6.07. The highest BCUT2D eigenvalue weighted by molar-refractivity contribution is 5.91. The van der Waals surface area contributed by atoms with Crippen molar-refractivity contribution in [1.82, 2.24) is 15.0 Å². The number of nitriles is 1. The number of aromatic nitrogens is 3. The molecule has 0 bridgehead atoms. The molecule has 0 unspecified atom stereocenters. The highest BCUT2D eigenvalue weighted by atomic mass is 16.4. The van der Waals surface area contributed by atoms with E-state index < -0.39 is 11.4 Å². The first-order chi connectivity index (χ1) is 9.75. The Hall–Kier alpha value is -2.88. The minimum absolute atomic E-state index is 0.187. The minimum Gasteiger partial charge on any atom is -0.507 e. The summed E-state index contributed by atoms with van der Waals surface area (Å²) in [6.07, 6.45) is 0. The molecular weight excluding hydrogens is 272 g/mol. The molecule has 0 saturated carbocycles. The van der Waals surface area contributed by atoms with Crippen molar-refractivity contribution >= 4 is 5.97 Å². The molecule has 2 rings (SSSR count). The van der Waals surface area contributed by atoms with Crippen molar-refractivity contribution in [3.8, 4) is 17.5 Å². The van der Waals surface area contributed by atoms with Crippen LogP contribution >= 0.6 is 0 Å². The molecule has 1 aromatic carbocycles. The molecule has 1 heterocycles. The lowest BCUT2D eigenvalue weighted by atomic mass is 9.90. The minimum atomic E-state index is -1.24. The van der Waals surface area contributed by atoms with Crippen molar-refractivity contribution in [3.63, 3.8) is 0 Å². The van der Waals surface area contributed by atoms with Gasteiger partial charge in [-0.1, -0.05) is 26.0 Å². The maximum absolute atomic E-state index is 11.1. The average Bonchev–Trinajstić information content (AvgIpc) is 2.82. The molecule has 21 heavy (non-hydrogen) atoms. The average molecular weight is 286 g/mol. The number of phenols is 1. The van der Waals surface area contributed by atoms with Crippen LogP contribution in [0.3, 0.4) is 0 Å². The fourth-order valence-corrected chi connectivity index (χ4v) is 2.04. The van der Waals surface area contributed by atoms with E-state index in [-0.39, 0.29) is 17.0 Å². The molecule has 1 aromatic heterocycles. The van der Waals surface area contributed by atoms with Crippen LogP contribution in [-0.2, 0) is 5.41 Å². The van der Waals surface area contributed by atoms with Crippen molar-refractivity contribution in [3.05, 3.63) is 35.2 Å². The van der Waals surface area contributed by atoms with Crippen LogP contribution in [-0.4, -0.2) is 31.2 Å². The summed E-state index contributed by atoms with van der Waals surface area (Å²) in [4.78, 5) is 11.1. The summed E-state index contributed by atoms with van der Waals surface area (Å²) < 4.78 is 1.42. The Morgan fingerprint density at radius 3 is 2.57 bits per heavy atom. The van der Waals surface area contributed by atoms with Gasteiger partial charge < -0.3 is 10.2 Å². The second-order valence-corrected chi connectivity index (χ2v) is 5.57. The van der Waals surface area contributed by atoms with Crippen molar-refractivity contribution < 1.29 is 15.0 Å². The zero-order valence-electron chi connectivity index (χ0n) is 11.8. The largest absolute Gasteiger partial charge is 0.507 e. The summed E-state index contributed by atoms with van der Waals surface area (Å²) in [5, 5.41) is 35.5. The van der Waals surface area contributed by atoms with E-state index in [2.05, 4.69) is 10.3 Å². The first-order valence-electron chi connectivity index (χ1n) is 6.18. The van der Waals surface area contributed by atoms with Gasteiger partial charge in [0.2, 0.25) is 0 Å². The van der Waals surface area contributed by atoms with Crippen LogP contribution in [0.1, 0.15) is 42.5 Å². The summed E-state index contributed by atoms with van der Waals surface area (Å²) in [5.41, 5.74) is 0.542. The Labute approximate surface area is 121 Å². The second kappa shape index (κ2) is 4.90. The third-order valence-corrected chi connectivity index (χ3v) is 2.94. The van der Waals surface area contributed by atoms with Crippen molar-refractivity contribution in [2.24, 2.45) is 0 Å². The Kier molecular flexibility index (Phi) is 3.39. The molecule has 108 valence electrons. The summed E-state index contributed by atoms with van der Waals surface area (Å²) in [6.45, 7) is 5.71. The quantitative estimate of drug-likeness (QED) is 0.871. The van der Waals surface area contributed by atoms with Gasteiger partial charge in [-0.25, -0.2) is 9.48 Å². The first-order valence-corrected chi connectivity index (χ1v) is 6.18. The highest BCUT2D eigenvalue weighted by Crippen LogP contribution is 2.28. The number of benzene rings is 1. The van der Waals surface area contributed by atoms with Crippen LogP contribution in [0.25, 0.3) is 5.69 Å². The fourth-order valence-electron chi connectivity index (χ4n) is 2.04. The number of rotatable bonds is 2. The molecule has 0 aliphatic heterocycles. The molecule has 2 N–H and O–H groups in total. The Bertz CT molecular complexity index is 751. The Morgan fingerprint density at radius 1 is 1.38 bits per heavy atom. The molecular formula is C14H14N4O3. The lowest BCUT2D eigenvalue weighted by Gasteiger charge is -2.20. The van der Waals surface area contributed by atoms with E-state index in [1.165, 1.54) is 22.9 Å². The number of aromatic carboxylic acids is 1. The molecule has 0 saturated heterocycles. The van der Waals surface area contributed by atoms with Gasteiger partial charge >= 0.3 is 5.97 Å². The zero-order valence-corrected chi connectivity index (χ0v) is 11.8. The monoisotopic (exact) mass is 286 g/mol. The summed E-state index contributed by atoms with van der Waals surface area (Å²) >= 11 is 0. The summed E-state index contributed by atoms with van der Waals surface area (Å²) in [5.74, 6) is -1.57. The van der Waals surface area contributed by atoms with Crippen molar-refractivity contribution in [2.75, 3.05) is 0 Å². The van der Waals surface area contributed by atoms with Gasteiger partial charge in [0.25, 0.3) is 0 Å². The number of hydrogen-bond acceptors (Lipinski definition) is 5. The molecule has 0 fully saturated rings. The fraction of sp³-hybridized carbons (Fsp3) is 0.286. The van der Waals surface area contributed by atoms with Crippen LogP contribution in [0.2, 0.25) is 0 Å². The maximum Gasteiger partial charge on any atom is 0.339 e. The van der Waals surface area contributed by atoms with Gasteiger partial charge in [0.05, 0.1) is 11.4 Å². The van der Waals surface area contributed by atoms with Crippen molar-refractivity contribution in [1.29, 1.82) is 5.26 Å². The molecule has 2 aromatic rings. The van der Waals surface area contributed by atoms with Crippen LogP contribution in [0.15, 0.2) is 18.2 Å². The van der Waals surface area contributed by atoms with Gasteiger partial charge in [-0.05, 0) is 18.2 Å². The van der Waals surface area contributed by atoms with Crippen LogP contribution in [0.5, 0.6) is 5.75 Å². The number of hydrogen-bond donors (Lipinski definition) is 2. The molecule has 0 atom stereocenters. The Balaban J connectivity index is 2.69. The number of aromatic hydroxyl groups is 1. The topological polar surface area (TPSA) is 112 Å². The van der Waals surface area contributed by atoms with E-state index in [0.29, 0.717) is 11.4 Å². The molecule has 0 radical (unpaired) electrons. The Morgan fingerprint density at radius 2 is 2.05 bits per heavy atom. The predicted octanol–water partition coefficient (Wildman–Crippen LogP) is 1.84. The van der Waals surface area contributed by atoms with E-state index >= 15 is 0 Å². The third kappa shape index (κ3) is 2.56. The number of carboxylic acids is 1. The summed E-state index contributed by atoms with van der Waals surface area (Å²) in [7, 11) is 0. The van der Waals surface area contributed by atoms with Crippen molar-refractivity contribution in [2.45, 2.75) is 26.2 Å². The van der Waals surface area contributed by atoms with E-state index in [9.17, 15) is 9.90 Å². The molecule has 0 spiro atoms. The number of carbonyl (C=O) groups is 1. The lowest BCUT2D eigenvalue weighted by molar-refractivity contribution is 0.0693. The lowest BCUT2D eigenvalue weighted by Crippen LogP contribution is -2.19.